The number of hydrogen-bond donors (Lipinski definition) is 1. The lowest BCUT2D eigenvalue weighted by Gasteiger charge is -2.47. The zero-order valence-corrected chi connectivity index (χ0v) is 12.4. The van der Waals surface area contributed by atoms with Crippen LogP contribution in [0.4, 0.5) is 5.69 Å². The maximum absolute atomic E-state index is 9.28. The summed E-state index contributed by atoms with van der Waals surface area (Å²) in [5.74, 6) is 0. The summed E-state index contributed by atoms with van der Waals surface area (Å²) in [5.41, 5.74) is 2.17. The molecule has 1 aliphatic rings. The van der Waals surface area contributed by atoms with Crippen molar-refractivity contribution in [2.24, 2.45) is 0 Å². The van der Waals surface area contributed by atoms with E-state index in [1.165, 1.54) is 19.3 Å². The number of anilines is 1. The molecule has 0 spiro atoms. The van der Waals surface area contributed by atoms with Crippen molar-refractivity contribution in [1.82, 2.24) is 15.1 Å². The molecule has 1 aromatic heterocycles. The predicted octanol–water partition coefficient (Wildman–Crippen LogP) is 2.40. The fourth-order valence-corrected chi connectivity index (χ4v) is 2.93. The summed E-state index contributed by atoms with van der Waals surface area (Å²) in [4.78, 5) is 2.28. The summed E-state index contributed by atoms with van der Waals surface area (Å²) in [6, 6.07) is 9.93. The normalized spacial score (nSPS) is 16.5. The summed E-state index contributed by atoms with van der Waals surface area (Å²) in [6.07, 6.45) is 3.64. The Hall–Kier alpha value is -2.19. The van der Waals surface area contributed by atoms with Gasteiger partial charge < -0.3 is 10.2 Å². The van der Waals surface area contributed by atoms with Crippen molar-refractivity contribution in [3.05, 3.63) is 30.0 Å². The molecule has 0 bridgehead atoms. The Balaban J connectivity index is 1.94. The van der Waals surface area contributed by atoms with Crippen LogP contribution in [-0.2, 0) is 0 Å². The average Bonchev–Trinajstić information content (AvgIpc) is 2.45. The molecule has 3 rings (SSSR count). The third kappa shape index (κ3) is 2.32. The number of likely N-dealkylation sites (N-methyl/N-ethyl adjacent to an activating group) is 1. The minimum atomic E-state index is 0.192. The van der Waals surface area contributed by atoms with Crippen molar-refractivity contribution >= 4 is 16.6 Å². The second kappa shape index (κ2) is 5.30. The van der Waals surface area contributed by atoms with Gasteiger partial charge in [0.15, 0.2) is 5.69 Å². The SMILES string of the molecule is CN(C)C1(CNc2c(C#N)nnc3ccccc23)CCC1. The predicted molar refractivity (Wildman–Crippen MR) is 83.0 cm³/mol. The molecule has 0 atom stereocenters. The van der Waals surface area contributed by atoms with Gasteiger partial charge >= 0.3 is 0 Å². The van der Waals surface area contributed by atoms with Crippen molar-refractivity contribution in [3.8, 4) is 6.07 Å². The van der Waals surface area contributed by atoms with Crippen LogP contribution in [0.3, 0.4) is 0 Å². The smallest absolute Gasteiger partial charge is 0.186 e. The number of hydrogen-bond acceptors (Lipinski definition) is 5. The Bertz CT molecular complexity index is 697. The Kier molecular flexibility index (Phi) is 3.48. The first-order valence-corrected chi connectivity index (χ1v) is 7.23. The van der Waals surface area contributed by atoms with Crippen LogP contribution < -0.4 is 5.32 Å². The largest absolute Gasteiger partial charge is 0.380 e. The first-order valence-electron chi connectivity index (χ1n) is 7.23. The highest BCUT2D eigenvalue weighted by molar-refractivity contribution is 5.92. The summed E-state index contributed by atoms with van der Waals surface area (Å²) >= 11 is 0. The molecule has 0 amide bonds. The molecule has 1 aliphatic carbocycles. The summed E-state index contributed by atoms with van der Waals surface area (Å²) in [7, 11) is 4.24. The van der Waals surface area contributed by atoms with E-state index in [1.54, 1.807) is 0 Å². The maximum atomic E-state index is 9.28. The van der Waals surface area contributed by atoms with Gasteiger partial charge in [-0.3, -0.25) is 0 Å². The lowest BCUT2D eigenvalue weighted by atomic mass is 9.75. The van der Waals surface area contributed by atoms with Crippen LogP contribution in [0.15, 0.2) is 24.3 Å². The fourth-order valence-electron chi connectivity index (χ4n) is 2.93. The van der Waals surface area contributed by atoms with Crippen LogP contribution in [0.2, 0.25) is 0 Å². The standard InChI is InChI=1S/C16H19N5/c1-21(2)16(8-5-9-16)11-18-15-12-6-3-4-7-13(12)19-20-14(15)10-17/h3-4,6-7H,5,8-9,11H2,1-2H3,(H,18,19). The van der Waals surface area contributed by atoms with Crippen LogP contribution in [0.25, 0.3) is 10.9 Å². The number of nitrogens with one attached hydrogen (secondary N) is 1. The van der Waals surface area contributed by atoms with Gasteiger partial charge in [0.05, 0.1) is 11.2 Å². The second-order valence-electron chi connectivity index (χ2n) is 5.88. The lowest BCUT2D eigenvalue weighted by Crippen LogP contribution is -2.54. The molecule has 1 aromatic carbocycles. The van der Waals surface area contributed by atoms with Gasteiger partial charge in [-0.2, -0.15) is 5.26 Å². The minimum absolute atomic E-state index is 0.192. The van der Waals surface area contributed by atoms with E-state index in [-0.39, 0.29) is 5.54 Å². The number of nitrogens with zero attached hydrogens (tertiary/aromatic N) is 4. The third-order valence-electron chi connectivity index (χ3n) is 4.60. The molecule has 5 nitrogen and oxygen atoms in total. The topological polar surface area (TPSA) is 64.8 Å². The average molecular weight is 281 g/mol. The number of aromatic nitrogens is 2. The van der Waals surface area contributed by atoms with Crippen molar-refractivity contribution in [3.63, 3.8) is 0 Å². The van der Waals surface area contributed by atoms with Crippen LogP contribution >= 0.6 is 0 Å². The Morgan fingerprint density at radius 1 is 1.29 bits per heavy atom. The molecule has 0 radical (unpaired) electrons. The summed E-state index contributed by atoms with van der Waals surface area (Å²) in [5, 5.41) is 21.8. The third-order valence-corrected chi connectivity index (χ3v) is 4.60. The summed E-state index contributed by atoms with van der Waals surface area (Å²) in [6.45, 7) is 0.824. The molecule has 0 saturated heterocycles. The Morgan fingerprint density at radius 3 is 2.67 bits per heavy atom. The molecular weight excluding hydrogens is 262 g/mol. The molecule has 1 saturated carbocycles. The molecule has 1 N–H and O–H groups in total. The van der Waals surface area contributed by atoms with Gasteiger partial charge in [0.2, 0.25) is 0 Å². The van der Waals surface area contributed by atoms with Gasteiger partial charge in [0, 0.05) is 17.5 Å². The van der Waals surface area contributed by atoms with E-state index >= 15 is 0 Å². The van der Waals surface area contributed by atoms with Crippen LogP contribution in [0, 0.1) is 11.3 Å². The highest BCUT2D eigenvalue weighted by Crippen LogP contribution is 2.37. The lowest BCUT2D eigenvalue weighted by molar-refractivity contribution is 0.0739. The van der Waals surface area contributed by atoms with Crippen molar-refractivity contribution < 1.29 is 0 Å². The van der Waals surface area contributed by atoms with E-state index in [2.05, 4.69) is 40.6 Å². The second-order valence-corrected chi connectivity index (χ2v) is 5.88. The Morgan fingerprint density at radius 2 is 2.05 bits per heavy atom. The van der Waals surface area contributed by atoms with Gasteiger partial charge in [-0.25, -0.2) is 0 Å². The Labute approximate surface area is 124 Å². The van der Waals surface area contributed by atoms with Gasteiger partial charge in [-0.15, -0.1) is 10.2 Å². The van der Waals surface area contributed by atoms with E-state index in [1.807, 2.05) is 24.3 Å². The van der Waals surface area contributed by atoms with Crippen LogP contribution in [0.1, 0.15) is 25.0 Å². The van der Waals surface area contributed by atoms with Crippen LogP contribution in [-0.4, -0.2) is 41.3 Å². The highest BCUT2D eigenvalue weighted by Gasteiger charge is 2.39. The monoisotopic (exact) mass is 281 g/mol. The first-order chi connectivity index (χ1) is 10.2. The molecule has 108 valence electrons. The molecule has 2 aromatic rings. The van der Waals surface area contributed by atoms with Crippen LogP contribution in [0.5, 0.6) is 0 Å². The van der Waals surface area contributed by atoms with E-state index in [9.17, 15) is 5.26 Å². The molecule has 0 aliphatic heterocycles. The minimum Gasteiger partial charge on any atom is -0.380 e. The number of nitriles is 1. The number of fused-ring (bicyclic) bond motifs is 1. The molecule has 1 fully saturated rings. The van der Waals surface area contributed by atoms with E-state index in [0.29, 0.717) is 5.69 Å². The fraction of sp³-hybridized carbons (Fsp3) is 0.438. The van der Waals surface area contributed by atoms with Crippen molar-refractivity contribution in [2.75, 3.05) is 26.0 Å². The molecule has 5 heteroatoms. The zero-order chi connectivity index (χ0) is 14.9. The molecule has 0 unspecified atom stereocenters. The van der Waals surface area contributed by atoms with Gasteiger partial charge in [0.25, 0.3) is 0 Å². The molecule has 1 heterocycles. The quantitative estimate of drug-likeness (QED) is 0.932. The van der Waals surface area contributed by atoms with Gasteiger partial charge in [-0.1, -0.05) is 18.2 Å². The van der Waals surface area contributed by atoms with Crippen molar-refractivity contribution in [2.45, 2.75) is 24.8 Å². The van der Waals surface area contributed by atoms with E-state index < -0.39 is 0 Å². The van der Waals surface area contributed by atoms with Crippen molar-refractivity contribution in [1.29, 1.82) is 5.26 Å². The van der Waals surface area contributed by atoms with Gasteiger partial charge in [0.1, 0.15) is 6.07 Å². The highest BCUT2D eigenvalue weighted by atomic mass is 15.2. The molecule has 21 heavy (non-hydrogen) atoms. The molecular formula is C16H19N5. The number of benzene rings is 1. The zero-order valence-electron chi connectivity index (χ0n) is 12.4. The maximum Gasteiger partial charge on any atom is 0.186 e. The number of rotatable bonds is 4. The first kappa shape index (κ1) is 13.8. The summed E-state index contributed by atoms with van der Waals surface area (Å²) < 4.78 is 0. The van der Waals surface area contributed by atoms with E-state index in [0.717, 1.165) is 23.1 Å². The van der Waals surface area contributed by atoms with Gasteiger partial charge in [-0.05, 0) is 39.4 Å². The van der Waals surface area contributed by atoms with E-state index in [4.69, 9.17) is 0 Å².